The Kier molecular flexibility index (Phi) is 6.68. The van der Waals surface area contributed by atoms with Crippen molar-refractivity contribution in [1.82, 2.24) is 10.6 Å². The van der Waals surface area contributed by atoms with Gasteiger partial charge in [0.15, 0.2) is 12.6 Å². The van der Waals surface area contributed by atoms with Crippen LogP contribution in [0.2, 0.25) is 0 Å². The molecule has 0 aromatic carbocycles. The number of hydrogen-bond acceptors (Lipinski definition) is 9. The van der Waals surface area contributed by atoms with Crippen molar-refractivity contribution in [2.75, 3.05) is 0 Å². The molecule has 25 heavy (non-hydrogen) atoms. The zero-order valence-electron chi connectivity index (χ0n) is 13.8. The third kappa shape index (κ3) is 4.08. The summed E-state index contributed by atoms with van der Waals surface area (Å²) in [4.78, 5) is 21.4. The first-order valence-corrected chi connectivity index (χ1v) is 7.89. The summed E-state index contributed by atoms with van der Waals surface area (Å²) < 4.78 is 16.2. The summed E-state index contributed by atoms with van der Waals surface area (Å²) in [5, 5.41) is 45.0. The fourth-order valence-corrected chi connectivity index (χ4v) is 3.11. The summed E-state index contributed by atoms with van der Waals surface area (Å²) in [6, 6.07) is -1.68. The van der Waals surface area contributed by atoms with Crippen LogP contribution < -0.4 is 10.6 Å². The number of carbonyl (C=O) groups is 2. The van der Waals surface area contributed by atoms with Gasteiger partial charge in [-0.25, -0.2) is 0 Å². The molecule has 2 fully saturated rings. The Morgan fingerprint density at radius 1 is 0.840 bits per heavy atom. The highest BCUT2D eigenvalue weighted by Gasteiger charge is 2.49. The molecule has 2 aliphatic heterocycles. The van der Waals surface area contributed by atoms with Crippen LogP contribution in [0, 0.1) is 0 Å². The summed E-state index contributed by atoms with van der Waals surface area (Å²) >= 11 is 0. The molecular weight excluding hydrogens is 340 g/mol. The van der Waals surface area contributed by atoms with Gasteiger partial charge < -0.3 is 45.3 Å². The van der Waals surface area contributed by atoms with Crippen LogP contribution in [0.25, 0.3) is 0 Å². The summed E-state index contributed by atoms with van der Waals surface area (Å²) in [7, 11) is 0. The van der Waals surface area contributed by atoms with Crippen LogP contribution in [0.15, 0.2) is 0 Å². The Morgan fingerprint density at radius 2 is 1.40 bits per heavy atom. The van der Waals surface area contributed by atoms with Gasteiger partial charge >= 0.3 is 0 Å². The number of rotatable bonds is 6. The lowest BCUT2D eigenvalue weighted by Crippen LogP contribution is -2.67. The van der Waals surface area contributed by atoms with Gasteiger partial charge in [-0.1, -0.05) is 0 Å². The third-order valence-corrected chi connectivity index (χ3v) is 4.51. The molecule has 10 atom stereocenters. The van der Waals surface area contributed by atoms with Crippen molar-refractivity contribution in [2.24, 2.45) is 0 Å². The molecule has 0 bridgehead atoms. The van der Waals surface area contributed by atoms with Gasteiger partial charge in [0.05, 0.1) is 24.3 Å². The van der Waals surface area contributed by atoms with Gasteiger partial charge in [0, 0.05) is 0 Å². The summed E-state index contributed by atoms with van der Waals surface area (Å²) in [6.07, 6.45) is -9.14. The average Bonchev–Trinajstić information content (AvgIpc) is 2.57. The summed E-state index contributed by atoms with van der Waals surface area (Å²) in [6.45, 7) is 3.12. The molecule has 2 rings (SSSR count). The van der Waals surface area contributed by atoms with E-state index in [-0.39, 0.29) is 0 Å². The minimum atomic E-state index is -1.56. The molecule has 2 saturated heterocycles. The van der Waals surface area contributed by atoms with E-state index < -0.39 is 61.3 Å². The van der Waals surface area contributed by atoms with Gasteiger partial charge in [0.25, 0.3) is 0 Å². The quantitative estimate of drug-likeness (QED) is 0.259. The lowest BCUT2D eigenvalue weighted by Gasteiger charge is -2.46. The molecule has 2 heterocycles. The standard InChI is InChI=1S/C14H24N2O9/c1-5-7(15-3-17)9(19)10(20)14(24-5)25-12-8(16-4-18)6(2)23-13(22)11(12)21/h3-14,19-22H,1-2H3,(H,15,17)(H,16,18)/t5-,6-,7-,8-,9+,10+,11+,12+,13?,14-/m1/s1. The minimum absolute atomic E-state index is 0.381. The molecular formula is C14H24N2O9. The van der Waals surface area contributed by atoms with E-state index in [2.05, 4.69) is 10.6 Å². The van der Waals surface area contributed by atoms with Crippen molar-refractivity contribution >= 4 is 12.8 Å². The molecule has 0 aromatic heterocycles. The van der Waals surface area contributed by atoms with E-state index in [4.69, 9.17) is 14.2 Å². The number of hydrogen-bond donors (Lipinski definition) is 6. The van der Waals surface area contributed by atoms with E-state index in [1.54, 1.807) is 13.8 Å². The second-order valence-electron chi connectivity index (χ2n) is 6.13. The average molecular weight is 364 g/mol. The number of aliphatic hydroxyl groups excluding tert-OH is 4. The van der Waals surface area contributed by atoms with Gasteiger partial charge in [0.2, 0.25) is 12.8 Å². The van der Waals surface area contributed by atoms with Crippen LogP contribution >= 0.6 is 0 Å². The van der Waals surface area contributed by atoms with E-state index in [0.29, 0.717) is 12.8 Å². The highest BCUT2D eigenvalue weighted by molar-refractivity contribution is 5.47. The van der Waals surface area contributed by atoms with Gasteiger partial charge in [-0.2, -0.15) is 0 Å². The Balaban J connectivity index is 2.14. The second kappa shape index (κ2) is 8.36. The molecule has 0 aliphatic carbocycles. The van der Waals surface area contributed by atoms with Crippen molar-refractivity contribution in [3.8, 4) is 0 Å². The normalized spacial score (nSPS) is 47.8. The van der Waals surface area contributed by atoms with E-state index >= 15 is 0 Å². The van der Waals surface area contributed by atoms with Crippen molar-refractivity contribution in [3.05, 3.63) is 0 Å². The maximum absolute atomic E-state index is 10.8. The fourth-order valence-electron chi connectivity index (χ4n) is 3.11. The zero-order valence-corrected chi connectivity index (χ0v) is 13.8. The van der Waals surface area contributed by atoms with Crippen molar-refractivity contribution in [2.45, 2.75) is 75.1 Å². The largest absolute Gasteiger partial charge is 0.388 e. The van der Waals surface area contributed by atoms with Gasteiger partial charge in [0.1, 0.15) is 24.4 Å². The lowest BCUT2D eigenvalue weighted by atomic mass is 9.95. The third-order valence-electron chi connectivity index (χ3n) is 4.51. The molecule has 0 saturated carbocycles. The van der Waals surface area contributed by atoms with E-state index in [1.165, 1.54) is 0 Å². The Morgan fingerprint density at radius 3 is 2.00 bits per heavy atom. The lowest BCUT2D eigenvalue weighted by molar-refractivity contribution is -0.327. The minimum Gasteiger partial charge on any atom is -0.388 e. The maximum Gasteiger partial charge on any atom is 0.207 e. The highest BCUT2D eigenvalue weighted by atomic mass is 16.7. The first-order chi connectivity index (χ1) is 11.8. The molecule has 144 valence electrons. The van der Waals surface area contributed by atoms with Crippen LogP contribution in [-0.4, -0.2) is 94.5 Å². The Hall–Kier alpha value is -1.34. The fraction of sp³-hybridized carbons (Fsp3) is 0.857. The van der Waals surface area contributed by atoms with E-state index in [9.17, 15) is 30.0 Å². The Labute approximate surface area is 143 Å². The number of aliphatic hydroxyl groups is 4. The number of amides is 2. The summed E-state index contributed by atoms with van der Waals surface area (Å²) in [5.74, 6) is 0. The number of carbonyl (C=O) groups excluding carboxylic acids is 2. The predicted molar refractivity (Wildman–Crippen MR) is 79.8 cm³/mol. The van der Waals surface area contributed by atoms with Crippen LogP contribution in [0.3, 0.4) is 0 Å². The van der Waals surface area contributed by atoms with E-state index in [0.717, 1.165) is 0 Å². The summed E-state index contributed by atoms with van der Waals surface area (Å²) in [5.41, 5.74) is 0. The first-order valence-electron chi connectivity index (χ1n) is 7.89. The molecule has 0 spiro atoms. The Bertz CT molecular complexity index is 468. The number of ether oxygens (including phenoxy) is 3. The van der Waals surface area contributed by atoms with E-state index in [1.807, 2.05) is 0 Å². The molecule has 0 aromatic rings. The van der Waals surface area contributed by atoms with Crippen molar-refractivity contribution < 1.29 is 44.2 Å². The highest BCUT2D eigenvalue weighted by Crippen LogP contribution is 2.28. The van der Waals surface area contributed by atoms with Gasteiger partial charge in [-0.05, 0) is 13.8 Å². The van der Waals surface area contributed by atoms with Crippen LogP contribution in [0.5, 0.6) is 0 Å². The topological polar surface area (TPSA) is 167 Å². The number of nitrogens with one attached hydrogen (secondary N) is 2. The molecule has 2 aliphatic rings. The maximum atomic E-state index is 10.8. The molecule has 2 amide bonds. The van der Waals surface area contributed by atoms with Crippen molar-refractivity contribution in [1.29, 1.82) is 0 Å². The zero-order chi connectivity index (χ0) is 18.7. The predicted octanol–water partition coefficient (Wildman–Crippen LogP) is -3.83. The SMILES string of the molecule is C[C@H]1O[C@H](O[C@H]2[C@H](NC=O)[C@@H](C)OC(O)[C@H]2O)[C@@H](O)[C@@H](O)[C@@H]1NC=O. The molecule has 1 unspecified atom stereocenters. The molecule has 0 radical (unpaired) electrons. The second-order valence-corrected chi connectivity index (χ2v) is 6.13. The van der Waals surface area contributed by atoms with Crippen LogP contribution in [-0.2, 0) is 23.8 Å². The molecule has 11 nitrogen and oxygen atoms in total. The van der Waals surface area contributed by atoms with Crippen molar-refractivity contribution in [3.63, 3.8) is 0 Å². The van der Waals surface area contributed by atoms with Crippen LogP contribution in [0.1, 0.15) is 13.8 Å². The van der Waals surface area contributed by atoms with Gasteiger partial charge in [-0.3, -0.25) is 9.59 Å². The smallest absolute Gasteiger partial charge is 0.207 e. The van der Waals surface area contributed by atoms with Crippen LogP contribution in [0.4, 0.5) is 0 Å². The monoisotopic (exact) mass is 364 g/mol. The molecule has 6 N–H and O–H groups in total. The molecule has 11 heteroatoms. The van der Waals surface area contributed by atoms with Gasteiger partial charge in [-0.15, -0.1) is 0 Å². The first kappa shape index (κ1) is 20.0.